The molecule has 1 rings (SSSR count). The summed E-state index contributed by atoms with van der Waals surface area (Å²) >= 11 is 5.75. The SMILES string of the molecule is CCN(CC)C(=O)CCNC(=O)NCC(=O)Nc1ccc(Cl)cc1. The molecule has 0 aliphatic carbocycles. The number of anilines is 1. The van der Waals surface area contributed by atoms with Crippen LogP contribution in [0.2, 0.25) is 5.02 Å². The van der Waals surface area contributed by atoms with E-state index in [0.29, 0.717) is 23.8 Å². The van der Waals surface area contributed by atoms with Crippen molar-refractivity contribution in [2.45, 2.75) is 20.3 Å². The fraction of sp³-hybridized carbons (Fsp3) is 0.438. The van der Waals surface area contributed by atoms with Crippen molar-refractivity contribution in [3.05, 3.63) is 29.3 Å². The van der Waals surface area contributed by atoms with Crippen molar-refractivity contribution in [2.24, 2.45) is 0 Å². The Morgan fingerprint density at radius 3 is 2.25 bits per heavy atom. The number of carbonyl (C=O) groups is 3. The van der Waals surface area contributed by atoms with E-state index in [-0.39, 0.29) is 31.3 Å². The number of nitrogens with zero attached hydrogens (tertiary/aromatic N) is 1. The zero-order valence-corrected chi connectivity index (χ0v) is 14.7. The maximum Gasteiger partial charge on any atom is 0.315 e. The van der Waals surface area contributed by atoms with Gasteiger partial charge in [0.15, 0.2) is 0 Å². The second-order valence-electron chi connectivity index (χ2n) is 4.98. The van der Waals surface area contributed by atoms with Crippen LogP contribution in [-0.2, 0) is 9.59 Å². The fourth-order valence-corrected chi connectivity index (χ4v) is 2.10. The van der Waals surface area contributed by atoms with Gasteiger partial charge in [0, 0.05) is 36.8 Å². The molecular weight excluding hydrogens is 332 g/mol. The van der Waals surface area contributed by atoms with Gasteiger partial charge in [-0.15, -0.1) is 0 Å². The topological polar surface area (TPSA) is 90.5 Å². The van der Waals surface area contributed by atoms with Crippen LogP contribution in [0.1, 0.15) is 20.3 Å². The predicted octanol–water partition coefficient (Wildman–Crippen LogP) is 1.84. The molecule has 0 bridgehead atoms. The Balaban J connectivity index is 2.22. The Morgan fingerprint density at radius 2 is 1.67 bits per heavy atom. The summed E-state index contributed by atoms with van der Waals surface area (Å²) in [6.07, 6.45) is 0.228. The number of urea groups is 1. The second kappa shape index (κ2) is 10.5. The van der Waals surface area contributed by atoms with Crippen LogP contribution in [-0.4, -0.2) is 48.9 Å². The first-order valence-corrected chi connectivity index (χ1v) is 8.19. The number of hydrogen-bond acceptors (Lipinski definition) is 3. The summed E-state index contributed by atoms with van der Waals surface area (Å²) in [5.74, 6) is -0.368. The van der Waals surface area contributed by atoms with Gasteiger partial charge >= 0.3 is 6.03 Å². The monoisotopic (exact) mass is 354 g/mol. The van der Waals surface area contributed by atoms with Gasteiger partial charge in [0.1, 0.15) is 0 Å². The van der Waals surface area contributed by atoms with E-state index in [2.05, 4.69) is 16.0 Å². The van der Waals surface area contributed by atoms with Crippen molar-refractivity contribution in [3.8, 4) is 0 Å². The van der Waals surface area contributed by atoms with Gasteiger partial charge in [0.25, 0.3) is 0 Å². The van der Waals surface area contributed by atoms with Crippen LogP contribution >= 0.6 is 11.6 Å². The van der Waals surface area contributed by atoms with Crippen LogP contribution in [0.15, 0.2) is 24.3 Å². The molecule has 0 saturated carbocycles. The van der Waals surface area contributed by atoms with Crippen molar-refractivity contribution in [2.75, 3.05) is 31.5 Å². The summed E-state index contributed by atoms with van der Waals surface area (Å²) in [6, 6.07) is 6.15. The first-order valence-electron chi connectivity index (χ1n) is 7.81. The average molecular weight is 355 g/mol. The molecule has 0 saturated heterocycles. The minimum atomic E-state index is -0.492. The molecule has 0 fully saturated rings. The first kappa shape index (κ1) is 19.8. The maximum atomic E-state index is 11.8. The summed E-state index contributed by atoms with van der Waals surface area (Å²) in [5.41, 5.74) is 0.594. The highest BCUT2D eigenvalue weighted by atomic mass is 35.5. The molecule has 0 atom stereocenters. The van der Waals surface area contributed by atoms with E-state index in [4.69, 9.17) is 11.6 Å². The highest BCUT2D eigenvalue weighted by Gasteiger charge is 2.10. The van der Waals surface area contributed by atoms with Gasteiger partial charge in [-0.1, -0.05) is 11.6 Å². The van der Waals surface area contributed by atoms with E-state index in [0.717, 1.165) is 0 Å². The van der Waals surface area contributed by atoms with Gasteiger partial charge < -0.3 is 20.9 Å². The summed E-state index contributed by atoms with van der Waals surface area (Å²) in [5, 5.41) is 8.18. The molecule has 24 heavy (non-hydrogen) atoms. The lowest BCUT2D eigenvalue weighted by Gasteiger charge is -2.18. The van der Waals surface area contributed by atoms with E-state index < -0.39 is 6.03 Å². The van der Waals surface area contributed by atoms with E-state index in [1.54, 1.807) is 29.2 Å². The molecule has 4 amide bonds. The number of halogens is 1. The maximum absolute atomic E-state index is 11.8. The molecule has 0 radical (unpaired) electrons. The van der Waals surface area contributed by atoms with Gasteiger partial charge in [0.2, 0.25) is 11.8 Å². The fourth-order valence-electron chi connectivity index (χ4n) is 1.98. The van der Waals surface area contributed by atoms with Gasteiger partial charge in [-0.3, -0.25) is 9.59 Å². The number of benzene rings is 1. The Hall–Kier alpha value is -2.28. The third-order valence-corrected chi connectivity index (χ3v) is 3.53. The average Bonchev–Trinajstić information content (AvgIpc) is 2.56. The molecular formula is C16H23ClN4O3. The van der Waals surface area contributed by atoms with Crippen molar-refractivity contribution >= 4 is 35.1 Å². The van der Waals surface area contributed by atoms with Crippen molar-refractivity contribution in [3.63, 3.8) is 0 Å². The van der Waals surface area contributed by atoms with Crippen LogP contribution < -0.4 is 16.0 Å². The highest BCUT2D eigenvalue weighted by Crippen LogP contribution is 2.12. The lowest BCUT2D eigenvalue weighted by Crippen LogP contribution is -2.41. The molecule has 1 aromatic carbocycles. The number of carbonyl (C=O) groups excluding carboxylic acids is 3. The van der Waals surface area contributed by atoms with Crippen LogP contribution in [0.3, 0.4) is 0 Å². The summed E-state index contributed by atoms with van der Waals surface area (Å²) in [7, 11) is 0. The van der Waals surface area contributed by atoms with Crippen LogP contribution in [0, 0.1) is 0 Å². The zero-order valence-electron chi connectivity index (χ0n) is 13.9. The second-order valence-corrected chi connectivity index (χ2v) is 5.42. The lowest BCUT2D eigenvalue weighted by atomic mass is 10.3. The normalized spacial score (nSPS) is 9.96. The minimum absolute atomic E-state index is 0.0132. The minimum Gasteiger partial charge on any atom is -0.343 e. The largest absolute Gasteiger partial charge is 0.343 e. The van der Waals surface area contributed by atoms with Gasteiger partial charge in [-0.05, 0) is 38.1 Å². The van der Waals surface area contributed by atoms with Crippen molar-refractivity contribution in [1.29, 1.82) is 0 Å². The smallest absolute Gasteiger partial charge is 0.315 e. The van der Waals surface area contributed by atoms with E-state index in [1.165, 1.54) is 0 Å². The van der Waals surface area contributed by atoms with Gasteiger partial charge in [0.05, 0.1) is 6.54 Å². The van der Waals surface area contributed by atoms with E-state index in [9.17, 15) is 14.4 Å². The molecule has 0 spiro atoms. The van der Waals surface area contributed by atoms with E-state index in [1.807, 2.05) is 13.8 Å². The lowest BCUT2D eigenvalue weighted by molar-refractivity contribution is -0.130. The van der Waals surface area contributed by atoms with Gasteiger partial charge in [-0.25, -0.2) is 4.79 Å². The zero-order chi connectivity index (χ0) is 17.9. The molecule has 0 aromatic heterocycles. The summed E-state index contributed by atoms with van der Waals surface area (Å²) < 4.78 is 0. The number of amides is 4. The molecule has 0 unspecified atom stereocenters. The third kappa shape index (κ3) is 7.32. The Morgan fingerprint density at radius 1 is 1.04 bits per heavy atom. The Bertz CT molecular complexity index is 559. The number of nitrogens with one attached hydrogen (secondary N) is 3. The molecule has 7 nitrogen and oxygen atoms in total. The summed E-state index contributed by atoms with van der Waals surface area (Å²) in [4.78, 5) is 36.7. The van der Waals surface area contributed by atoms with Crippen LogP contribution in [0.4, 0.5) is 10.5 Å². The molecule has 8 heteroatoms. The van der Waals surface area contributed by atoms with Gasteiger partial charge in [-0.2, -0.15) is 0 Å². The van der Waals surface area contributed by atoms with Crippen LogP contribution in [0.25, 0.3) is 0 Å². The highest BCUT2D eigenvalue weighted by molar-refractivity contribution is 6.30. The molecule has 132 valence electrons. The summed E-state index contributed by atoms with van der Waals surface area (Å²) in [6.45, 7) is 5.15. The molecule has 0 heterocycles. The molecule has 0 aliphatic rings. The molecule has 1 aromatic rings. The van der Waals surface area contributed by atoms with Crippen LogP contribution in [0.5, 0.6) is 0 Å². The number of rotatable bonds is 8. The predicted molar refractivity (Wildman–Crippen MR) is 94.0 cm³/mol. The van der Waals surface area contributed by atoms with E-state index >= 15 is 0 Å². The standard InChI is InChI=1S/C16H23ClN4O3/c1-3-21(4-2)15(23)9-10-18-16(24)19-11-14(22)20-13-7-5-12(17)6-8-13/h5-8H,3-4,9-11H2,1-2H3,(H,20,22)(H2,18,19,24). The van der Waals surface area contributed by atoms with Crippen molar-refractivity contribution in [1.82, 2.24) is 15.5 Å². The molecule has 0 aliphatic heterocycles. The van der Waals surface area contributed by atoms with Crippen molar-refractivity contribution < 1.29 is 14.4 Å². The Labute approximate surface area is 146 Å². The number of hydrogen-bond donors (Lipinski definition) is 3. The first-order chi connectivity index (χ1) is 11.5. The molecule has 3 N–H and O–H groups in total. The Kier molecular flexibility index (Phi) is 8.64. The third-order valence-electron chi connectivity index (χ3n) is 3.28. The quantitative estimate of drug-likeness (QED) is 0.665.